The van der Waals surface area contributed by atoms with Gasteiger partial charge in [-0.05, 0) is 18.6 Å². The highest BCUT2D eigenvalue weighted by Gasteiger charge is 2.04. The lowest BCUT2D eigenvalue weighted by Crippen LogP contribution is -2.18. The fraction of sp³-hybridized carbons (Fsp3) is 0.455. The first-order valence-electron chi connectivity index (χ1n) is 5.23. The van der Waals surface area contributed by atoms with Crippen LogP contribution in [0.25, 0.3) is 0 Å². The molecule has 1 rings (SSSR count). The summed E-state index contributed by atoms with van der Waals surface area (Å²) in [4.78, 5) is 14.3. The van der Waals surface area contributed by atoms with Crippen LogP contribution < -0.4 is 5.32 Å². The van der Waals surface area contributed by atoms with E-state index in [1.165, 1.54) is 19.4 Å². The van der Waals surface area contributed by atoms with Gasteiger partial charge in [-0.2, -0.15) is 0 Å². The van der Waals surface area contributed by atoms with E-state index in [1.54, 1.807) is 6.07 Å². The van der Waals surface area contributed by atoms with E-state index in [0.717, 1.165) is 5.69 Å². The smallest absolute Gasteiger partial charge is 0.354 e. The lowest BCUT2D eigenvalue weighted by atomic mass is 10.2. The average molecular weight is 240 g/mol. The van der Waals surface area contributed by atoms with E-state index in [2.05, 4.69) is 10.3 Å². The van der Waals surface area contributed by atoms with Crippen molar-refractivity contribution in [3.8, 4) is 0 Å². The highest BCUT2D eigenvalue weighted by molar-refractivity contribution is 5.85. The average Bonchev–Trinajstić information content (AvgIpc) is 2.30. The van der Waals surface area contributed by atoms with Gasteiger partial charge in [-0.3, -0.25) is 0 Å². The number of aliphatic hydroxyl groups excluding tert-OH is 1. The molecule has 0 aliphatic rings. The number of anilines is 1. The van der Waals surface area contributed by atoms with Crippen LogP contribution in [-0.4, -0.2) is 47.5 Å². The molecule has 3 N–H and O–H groups in total. The van der Waals surface area contributed by atoms with Gasteiger partial charge in [0.2, 0.25) is 0 Å². The molecule has 1 heterocycles. The van der Waals surface area contributed by atoms with E-state index in [9.17, 15) is 9.90 Å². The summed E-state index contributed by atoms with van der Waals surface area (Å²) in [7, 11) is 1.53. The van der Waals surface area contributed by atoms with E-state index < -0.39 is 12.1 Å². The zero-order valence-corrected chi connectivity index (χ0v) is 9.59. The van der Waals surface area contributed by atoms with E-state index in [4.69, 9.17) is 9.84 Å². The summed E-state index contributed by atoms with van der Waals surface area (Å²) >= 11 is 0. The van der Waals surface area contributed by atoms with Crippen molar-refractivity contribution in [2.75, 3.05) is 25.6 Å². The maximum Gasteiger partial charge on any atom is 0.354 e. The molecule has 0 saturated carbocycles. The molecule has 6 nitrogen and oxygen atoms in total. The normalized spacial score (nSPS) is 12.1. The third kappa shape index (κ3) is 4.80. The third-order valence-corrected chi connectivity index (χ3v) is 2.15. The Morgan fingerprint density at radius 3 is 2.88 bits per heavy atom. The fourth-order valence-electron chi connectivity index (χ4n) is 1.28. The number of carbonyl (C=O) groups is 1. The zero-order chi connectivity index (χ0) is 12.7. The molecule has 1 aromatic heterocycles. The number of aromatic carboxylic acids is 1. The molecule has 1 unspecified atom stereocenters. The monoisotopic (exact) mass is 240 g/mol. The molecule has 0 aromatic carbocycles. The second-order valence-corrected chi connectivity index (χ2v) is 3.56. The zero-order valence-electron chi connectivity index (χ0n) is 9.59. The van der Waals surface area contributed by atoms with E-state index in [0.29, 0.717) is 19.6 Å². The quantitative estimate of drug-likeness (QED) is 0.646. The summed E-state index contributed by atoms with van der Waals surface area (Å²) in [6, 6.07) is 3.06. The van der Waals surface area contributed by atoms with Gasteiger partial charge in [-0.25, -0.2) is 9.78 Å². The van der Waals surface area contributed by atoms with Crippen molar-refractivity contribution in [2.45, 2.75) is 12.5 Å². The van der Waals surface area contributed by atoms with Crippen molar-refractivity contribution in [1.29, 1.82) is 0 Å². The summed E-state index contributed by atoms with van der Waals surface area (Å²) in [5.41, 5.74) is 0.731. The molecule has 1 atom stereocenters. The minimum Gasteiger partial charge on any atom is -0.477 e. The molecule has 0 spiro atoms. The second-order valence-electron chi connectivity index (χ2n) is 3.56. The van der Waals surface area contributed by atoms with Gasteiger partial charge in [0, 0.05) is 13.7 Å². The summed E-state index contributed by atoms with van der Waals surface area (Å²) in [5, 5.41) is 21.1. The van der Waals surface area contributed by atoms with Crippen molar-refractivity contribution in [3.63, 3.8) is 0 Å². The van der Waals surface area contributed by atoms with Gasteiger partial charge in [-0.1, -0.05) is 0 Å². The number of methoxy groups -OCH3 is 1. The van der Waals surface area contributed by atoms with Gasteiger partial charge in [0.05, 0.1) is 24.6 Å². The Morgan fingerprint density at radius 1 is 1.59 bits per heavy atom. The molecule has 0 amide bonds. The molecule has 0 aliphatic carbocycles. The molecule has 0 aliphatic heterocycles. The van der Waals surface area contributed by atoms with Crippen LogP contribution in [0.1, 0.15) is 16.9 Å². The number of hydrogen-bond donors (Lipinski definition) is 3. The van der Waals surface area contributed by atoms with Crippen molar-refractivity contribution < 1.29 is 19.7 Å². The number of nitrogens with one attached hydrogen (secondary N) is 1. The SMILES string of the molecule is COCC(O)CCNc1ccc(C(=O)O)nc1. The van der Waals surface area contributed by atoms with Gasteiger partial charge in [-0.15, -0.1) is 0 Å². The second kappa shape index (κ2) is 6.82. The number of aliphatic hydroxyl groups is 1. The first kappa shape index (κ1) is 13.4. The summed E-state index contributed by atoms with van der Waals surface area (Å²) in [6.07, 6.45) is 1.50. The van der Waals surface area contributed by atoms with Crippen molar-refractivity contribution in [3.05, 3.63) is 24.0 Å². The Balaban J connectivity index is 2.34. The molecular formula is C11H16N2O4. The topological polar surface area (TPSA) is 91.7 Å². The number of carboxylic acids is 1. The molecule has 94 valence electrons. The molecule has 0 saturated heterocycles. The van der Waals surface area contributed by atoms with Gasteiger partial charge in [0.15, 0.2) is 0 Å². The van der Waals surface area contributed by atoms with Crippen molar-refractivity contribution in [1.82, 2.24) is 4.98 Å². The Hall–Kier alpha value is -1.66. The Bertz CT molecular complexity index is 353. The third-order valence-electron chi connectivity index (χ3n) is 2.15. The summed E-state index contributed by atoms with van der Waals surface area (Å²) in [6.45, 7) is 0.872. The number of pyridine rings is 1. The molecule has 6 heteroatoms. The number of nitrogens with zero attached hydrogens (tertiary/aromatic N) is 1. The first-order valence-corrected chi connectivity index (χ1v) is 5.23. The molecule has 17 heavy (non-hydrogen) atoms. The van der Waals surface area contributed by atoms with Crippen LogP contribution in [0.15, 0.2) is 18.3 Å². The number of rotatable bonds is 7. The number of aromatic nitrogens is 1. The largest absolute Gasteiger partial charge is 0.477 e. The fourth-order valence-corrected chi connectivity index (χ4v) is 1.28. The van der Waals surface area contributed by atoms with E-state index in [1.807, 2.05) is 0 Å². The van der Waals surface area contributed by atoms with Gasteiger partial charge in [0.1, 0.15) is 5.69 Å². The van der Waals surface area contributed by atoms with Gasteiger partial charge >= 0.3 is 5.97 Å². The number of ether oxygens (including phenoxy) is 1. The van der Waals surface area contributed by atoms with Crippen LogP contribution >= 0.6 is 0 Å². The molecule has 1 aromatic rings. The predicted octanol–water partition coefficient (Wildman–Crippen LogP) is 0.589. The van der Waals surface area contributed by atoms with Crippen molar-refractivity contribution >= 4 is 11.7 Å². The Morgan fingerprint density at radius 2 is 2.35 bits per heavy atom. The van der Waals surface area contributed by atoms with Crippen molar-refractivity contribution in [2.24, 2.45) is 0 Å². The molecular weight excluding hydrogens is 224 g/mol. The van der Waals surface area contributed by atoms with Crippen LogP contribution in [0.2, 0.25) is 0 Å². The van der Waals surface area contributed by atoms with Crippen LogP contribution in [-0.2, 0) is 4.74 Å². The molecule has 0 fully saturated rings. The highest BCUT2D eigenvalue weighted by Crippen LogP contribution is 2.06. The van der Waals surface area contributed by atoms with E-state index >= 15 is 0 Å². The first-order chi connectivity index (χ1) is 8.13. The number of hydrogen-bond acceptors (Lipinski definition) is 5. The van der Waals surface area contributed by atoms with Gasteiger partial charge in [0.25, 0.3) is 0 Å². The van der Waals surface area contributed by atoms with Crippen LogP contribution in [0.3, 0.4) is 0 Å². The van der Waals surface area contributed by atoms with E-state index in [-0.39, 0.29) is 5.69 Å². The van der Waals surface area contributed by atoms with Crippen LogP contribution in [0.4, 0.5) is 5.69 Å². The minimum atomic E-state index is -1.05. The maximum absolute atomic E-state index is 10.6. The van der Waals surface area contributed by atoms with Gasteiger partial charge < -0.3 is 20.3 Å². The Kier molecular flexibility index (Phi) is 5.38. The summed E-state index contributed by atoms with van der Waals surface area (Å²) < 4.78 is 4.79. The molecule has 0 bridgehead atoms. The highest BCUT2D eigenvalue weighted by atomic mass is 16.5. The predicted molar refractivity (Wildman–Crippen MR) is 62.2 cm³/mol. The summed E-state index contributed by atoms with van der Waals surface area (Å²) in [5.74, 6) is -1.05. The maximum atomic E-state index is 10.6. The minimum absolute atomic E-state index is 0.00923. The number of carboxylic acid groups (broad SMARTS) is 1. The van der Waals surface area contributed by atoms with Crippen LogP contribution in [0.5, 0.6) is 0 Å². The molecule has 0 radical (unpaired) electrons. The lowest BCUT2D eigenvalue weighted by Gasteiger charge is -2.10. The lowest BCUT2D eigenvalue weighted by molar-refractivity contribution is 0.0615. The standard InChI is InChI=1S/C11H16N2O4/c1-17-7-9(14)4-5-12-8-2-3-10(11(15)16)13-6-8/h2-3,6,9,12,14H,4-5,7H2,1H3,(H,15,16). The van der Waals surface area contributed by atoms with Crippen LogP contribution in [0, 0.1) is 0 Å². The Labute approximate surface area is 99.3 Å².